The third-order valence-corrected chi connectivity index (χ3v) is 2.28. The zero-order chi connectivity index (χ0) is 9.90. The minimum Gasteiger partial charge on any atom is -0.459 e. The number of carbonyl (C=O) groups excluding carboxylic acids is 1. The van der Waals surface area contributed by atoms with Crippen LogP contribution in [0.4, 0.5) is 0 Å². The Bertz CT molecular complexity index is 206. The Kier molecular flexibility index (Phi) is 3.09. The zero-order valence-electron chi connectivity index (χ0n) is 8.21. The molecule has 1 saturated heterocycles. The van der Waals surface area contributed by atoms with E-state index in [0.29, 0.717) is 0 Å². The van der Waals surface area contributed by atoms with Gasteiger partial charge in [-0.2, -0.15) is 0 Å². The quantitative estimate of drug-likeness (QED) is 0.492. The fraction of sp³-hybridized carbons (Fsp3) is 0.700. The second-order valence-electron chi connectivity index (χ2n) is 3.70. The molecule has 2 unspecified atom stereocenters. The van der Waals surface area contributed by atoms with Crippen LogP contribution in [0.25, 0.3) is 0 Å². The smallest absolute Gasteiger partial charge is 0.330 e. The molecule has 1 rings (SSSR count). The van der Waals surface area contributed by atoms with Crippen molar-refractivity contribution in [1.29, 1.82) is 0 Å². The van der Waals surface area contributed by atoms with E-state index in [9.17, 15) is 4.79 Å². The van der Waals surface area contributed by atoms with Gasteiger partial charge in [-0.3, -0.25) is 0 Å². The third-order valence-electron chi connectivity index (χ3n) is 2.28. The molecule has 1 aliphatic rings. The highest BCUT2D eigenvalue weighted by molar-refractivity contribution is 5.81. The van der Waals surface area contributed by atoms with Crippen LogP contribution in [-0.2, 0) is 14.3 Å². The Balaban J connectivity index is 2.28. The maximum Gasteiger partial charge on any atom is 0.330 e. The SMILES string of the molecule is C=CC(=O)OC(C)CC1(C)CCO1. The second-order valence-corrected chi connectivity index (χ2v) is 3.70. The van der Waals surface area contributed by atoms with Crippen molar-refractivity contribution in [1.82, 2.24) is 0 Å². The van der Waals surface area contributed by atoms with Crippen LogP contribution in [0, 0.1) is 0 Å². The van der Waals surface area contributed by atoms with Gasteiger partial charge in [-0.05, 0) is 20.3 Å². The summed E-state index contributed by atoms with van der Waals surface area (Å²) >= 11 is 0. The van der Waals surface area contributed by atoms with Gasteiger partial charge in [-0.25, -0.2) is 4.79 Å². The van der Waals surface area contributed by atoms with E-state index in [1.54, 1.807) is 0 Å². The molecule has 0 aromatic heterocycles. The summed E-state index contributed by atoms with van der Waals surface area (Å²) in [6.07, 6.45) is 2.88. The molecule has 74 valence electrons. The lowest BCUT2D eigenvalue weighted by molar-refractivity contribution is -0.165. The predicted octanol–water partition coefficient (Wildman–Crippen LogP) is 1.67. The molecule has 0 aliphatic carbocycles. The second kappa shape index (κ2) is 3.92. The molecule has 0 aromatic rings. The van der Waals surface area contributed by atoms with E-state index in [2.05, 4.69) is 6.58 Å². The third kappa shape index (κ3) is 2.84. The molecule has 0 spiro atoms. The fourth-order valence-corrected chi connectivity index (χ4v) is 1.51. The summed E-state index contributed by atoms with van der Waals surface area (Å²) in [4.78, 5) is 10.8. The summed E-state index contributed by atoms with van der Waals surface area (Å²) in [7, 11) is 0. The molecule has 0 bridgehead atoms. The molecule has 0 radical (unpaired) electrons. The Hall–Kier alpha value is -0.830. The molecule has 1 heterocycles. The van der Waals surface area contributed by atoms with Crippen LogP contribution in [0.1, 0.15) is 26.7 Å². The van der Waals surface area contributed by atoms with Crippen molar-refractivity contribution in [3.63, 3.8) is 0 Å². The molecule has 0 amide bonds. The molecule has 0 saturated carbocycles. The van der Waals surface area contributed by atoms with Crippen LogP contribution in [0.5, 0.6) is 0 Å². The summed E-state index contributed by atoms with van der Waals surface area (Å²) in [5.74, 6) is -0.365. The lowest BCUT2D eigenvalue weighted by Crippen LogP contribution is -2.43. The molecule has 3 heteroatoms. The number of esters is 1. The van der Waals surface area contributed by atoms with Gasteiger partial charge in [-0.1, -0.05) is 6.58 Å². The molecule has 0 N–H and O–H groups in total. The van der Waals surface area contributed by atoms with E-state index in [0.717, 1.165) is 19.4 Å². The molecule has 13 heavy (non-hydrogen) atoms. The normalized spacial score (nSPS) is 28.8. The van der Waals surface area contributed by atoms with Crippen LogP contribution in [0.3, 0.4) is 0 Å². The minimum absolute atomic E-state index is 0.0825. The van der Waals surface area contributed by atoms with Crippen LogP contribution < -0.4 is 0 Å². The van der Waals surface area contributed by atoms with Gasteiger partial charge in [0.05, 0.1) is 12.2 Å². The molecule has 1 aliphatic heterocycles. The first-order valence-corrected chi connectivity index (χ1v) is 4.53. The van der Waals surface area contributed by atoms with Crippen molar-refractivity contribution in [3.8, 4) is 0 Å². The fourth-order valence-electron chi connectivity index (χ4n) is 1.51. The first-order chi connectivity index (χ1) is 6.06. The number of hydrogen-bond acceptors (Lipinski definition) is 3. The van der Waals surface area contributed by atoms with Gasteiger partial charge in [0.15, 0.2) is 0 Å². The summed E-state index contributed by atoms with van der Waals surface area (Å²) in [5, 5.41) is 0. The monoisotopic (exact) mass is 184 g/mol. The van der Waals surface area contributed by atoms with Gasteiger partial charge in [-0.15, -0.1) is 0 Å². The van der Waals surface area contributed by atoms with E-state index < -0.39 is 0 Å². The van der Waals surface area contributed by atoms with Crippen molar-refractivity contribution in [2.24, 2.45) is 0 Å². The zero-order valence-corrected chi connectivity index (χ0v) is 8.21. The van der Waals surface area contributed by atoms with Gasteiger partial charge >= 0.3 is 5.97 Å². The van der Waals surface area contributed by atoms with Crippen LogP contribution in [0.2, 0.25) is 0 Å². The van der Waals surface area contributed by atoms with Gasteiger partial charge in [0.1, 0.15) is 6.10 Å². The van der Waals surface area contributed by atoms with Crippen LogP contribution >= 0.6 is 0 Å². The molecular weight excluding hydrogens is 168 g/mol. The van der Waals surface area contributed by atoms with Crippen molar-refractivity contribution in [2.75, 3.05) is 6.61 Å². The maximum atomic E-state index is 10.8. The number of carbonyl (C=O) groups is 1. The summed E-state index contributed by atoms with van der Waals surface area (Å²) < 4.78 is 10.4. The molecule has 1 fully saturated rings. The molecular formula is C10H16O3. The molecule has 0 aromatic carbocycles. The topological polar surface area (TPSA) is 35.5 Å². The molecule has 2 atom stereocenters. The van der Waals surface area contributed by atoms with Gasteiger partial charge in [0, 0.05) is 12.5 Å². The van der Waals surface area contributed by atoms with Crippen molar-refractivity contribution in [2.45, 2.75) is 38.4 Å². The van der Waals surface area contributed by atoms with E-state index in [1.807, 2.05) is 13.8 Å². The van der Waals surface area contributed by atoms with Crippen molar-refractivity contribution >= 4 is 5.97 Å². The highest BCUT2D eigenvalue weighted by atomic mass is 16.5. The Morgan fingerprint density at radius 2 is 2.46 bits per heavy atom. The first-order valence-electron chi connectivity index (χ1n) is 4.53. The molecule has 3 nitrogen and oxygen atoms in total. The lowest BCUT2D eigenvalue weighted by Gasteiger charge is -2.40. The summed E-state index contributed by atoms with van der Waals surface area (Å²) in [6.45, 7) is 8.06. The van der Waals surface area contributed by atoms with Gasteiger partial charge < -0.3 is 9.47 Å². The predicted molar refractivity (Wildman–Crippen MR) is 49.3 cm³/mol. The summed E-state index contributed by atoms with van der Waals surface area (Å²) in [6, 6.07) is 0. The van der Waals surface area contributed by atoms with Crippen molar-refractivity contribution in [3.05, 3.63) is 12.7 Å². The van der Waals surface area contributed by atoms with Gasteiger partial charge in [0.2, 0.25) is 0 Å². The summed E-state index contributed by atoms with van der Waals surface area (Å²) in [5.41, 5.74) is -0.0825. The highest BCUT2D eigenvalue weighted by Crippen LogP contribution is 2.31. The first kappa shape index (κ1) is 10.3. The van der Waals surface area contributed by atoms with Crippen LogP contribution in [0.15, 0.2) is 12.7 Å². The van der Waals surface area contributed by atoms with E-state index in [1.165, 1.54) is 6.08 Å². The highest BCUT2D eigenvalue weighted by Gasteiger charge is 2.35. The van der Waals surface area contributed by atoms with E-state index in [-0.39, 0.29) is 17.7 Å². The Morgan fingerprint density at radius 1 is 1.85 bits per heavy atom. The van der Waals surface area contributed by atoms with E-state index in [4.69, 9.17) is 9.47 Å². The maximum absolute atomic E-state index is 10.8. The average Bonchev–Trinajstić information content (AvgIpc) is 2.01. The van der Waals surface area contributed by atoms with Crippen LogP contribution in [-0.4, -0.2) is 24.3 Å². The largest absolute Gasteiger partial charge is 0.459 e. The lowest BCUT2D eigenvalue weighted by atomic mass is 9.91. The Labute approximate surface area is 78.7 Å². The van der Waals surface area contributed by atoms with E-state index >= 15 is 0 Å². The number of hydrogen-bond donors (Lipinski definition) is 0. The number of ether oxygens (including phenoxy) is 2. The average molecular weight is 184 g/mol. The standard InChI is InChI=1S/C10H16O3/c1-4-9(11)13-8(2)7-10(3)5-6-12-10/h4,8H,1,5-7H2,2-3H3. The minimum atomic E-state index is -0.365. The van der Waals surface area contributed by atoms with Crippen molar-refractivity contribution < 1.29 is 14.3 Å². The number of rotatable bonds is 4. The Morgan fingerprint density at radius 3 is 2.85 bits per heavy atom. The van der Waals surface area contributed by atoms with Gasteiger partial charge in [0.25, 0.3) is 0 Å².